The largest absolute Gasteiger partial charge is 0.302 e. The Bertz CT molecular complexity index is 1280. The van der Waals surface area contributed by atoms with Gasteiger partial charge in [-0.2, -0.15) is 0 Å². The average Bonchev–Trinajstić information content (AvgIpc) is 2.77. The minimum Gasteiger partial charge on any atom is -0.302 e. The number of benzene rings is 3. The Balaban J connectivity index is 2.32. The number of hydrogen-bond acceptors (Lipinski definition) is 3. The van der Waals surface area contributed by atoms with Crippen molar-refractivity contribution in [1.29, 1.82) is 0 Å². The monoisotopic (exact) mass is 502 g/mol. The van der Waals surface area contributed by atoms with Gasteiger partial charge in [0.15, 0.2) is 0 Å². The summed E-state index contributed by atoms with van der Waals surface area (Å²) < 4.78 is 14.9. The first-order chi connectivity index (χ1) is 16.2. The molecular weight excluding hydrogens is 467 g/mol. The molecule has 3 rings (SSSR count). The second-order valence-electron chi connectivity index (χ2n) is 10.2. The van der Waals surface area contributed by atoms with E-state index in [0.717, 1.165) is 38.6 Å². The summed E-state index contributed by atoms with van der Waals surface area (Å²) in [5.41, 5.74) is 6.51. The van der Waals surface area contributed by atoms with E-state index in [1.807, 2.05) is 83.6 Å². The van der Waals surface area contributed by atoms with Crippen molar-refractivity contribution in [3.63, 3.8) is 0 Å². The van der Waals surface area contributed by atoms with Crippen molar-refractivity contribution in [2.45, 2.75) is 54.6 Å². The number of carbonyl (C=O) groups is 2. The lowest BCUT2D eigenvalue weighted by Gasteiger charge is -2.23. The third-order valence-corrected chi connectivity index (χ3v) is 12.3. The van der Waals surface area contributed by atoms with Gasteiger partial charge in [-0.3, -0.25) is 9.59 Å². The van der Waals surface area contributed by atoms with Crippen LogP contribution in [0.2, 0.25) is 13.1 Å². The zero-order valence-corrected chi connectivity index (χ0v) is 24.0. The summed E-state index contributed by atoms with van der Waals surface area (Å²) in [6, 6.07) is 14.8. The second-order valence-corrected chi connectivity index (χ2v) is 17.2. The van der Waals surface area contributed by atoms with Crippen molar-refractivity contribution in [3.05, 3.63) is 105 Å². The Labute approximate surface area is 210 Å². The molecule has 3 aromatic carbocycles. The highest BCUT2D eigenvalue weighted by atomic mass is 31.2. The number of carbonyl (C=O) groups excluding carboxylic acids is 2. The summed E-state index contributed by atoms with van der Waals surface area (Å²) in [5.74, 6) is 0. The predicted octanol–water partition coefficient (Wildman–Crippen LogP) is 6.85. The van der Waals surface area contributed by atoms with Crippen LogP contribution in [-0.2, 0) is 4.57 Å². The molecule has 0 radical (unpaired) electrons. The molecule has 5 heteroatoms. The lowest BCUT2D eigenvalue weighted by atomic mass is 10.0. The Morgan fingerprint density at radius 3 is 1.37 bits per heavy atom. The van der Waals surface area contributed by atoms with Gasteiger partial charge in [0, 0.05) is 16.4 Å². The molecule has 0 aliphatic carbocycles. The molecule has 3 nitrogen and oxygen atoms in total. The van der Waals surface area contributed by atoms with E-state index in [4.69, 9.17) is 0 Å². The van der Waals surface area contributed by atoms with Crippen LogP contribution in [0.25, 0.3) is 0 Å². The van der Waals surface area contributed by atoms with E-state index in [1.54, 1.807) is 12.1 Å². The predicted molar refractivity (Wildman–Crippen MR) is 151 cm³/mol. The normalized spacial score (nSPS) is 11.9. The molecule has 0 aliphatic heterocycles. The molecule has 0 spiro atoms. The number of hydrogen-bond donors (Lipinski definition) is 0. The molecule has 0 saturated carbocycles. The summed E-state index contributed by atoms with van der Waals surface area (Å²) in [7, 11) is -6.07. The van der Waals surface area contributed by atoms with E-state index in [0.29, 0.717) is 11.1 Å². The Morgan fingerprint density at radius 2 is 1.06 bits per heavy atom. The highest BCUT2D eigenvalue weighted by Crippen LogP contribution is 2.52. The highest BCUT2D eigenvalue weighted by Gasteiger charge is 2.44. The average molecular weight is 503 g/mol. The van der Waals surface area contributed by atoms with Gasteiger partial charge in [-0.05, 0) is 63.8 Å². The van der Waals surface area contributed by atoms with Crippen molar-refractivity contribution >= 4 is 36.8 Å². The van der Waals surface area contributed by atoms with Crippen LogP contribution >= 0.6 is 7.14 Å². The van der Waals surface area contributed by atoms with Gasteiger partial charge in [-0.25, -0.2) is 0 Å². The van der Waals surface area contributed by atoms with Gasteiger partial charge >= 0.3 is 0 Å². The molecule has 0 saturated heterocycles. The standard InChI is InChI=1S/C30H35O3PSi/c1-10-35(8,9)26-13-11-25(12-14-26)34(33,29(31)27-21(4)15-19(2)16-22(27)5)30(32)28-23(6)17-20(3)18-24(28)7/h10-18H,1H2,2-9H3. The van der Waals surface area contributed by atoms with E-state index in [2.05, 4.69) is 19.7 Å². The van der Waals surface area contributed by atoms with Crippen LogP contribution in [0.1, 0.15) is 54.1 Å². The van der Waals surface area contributed by atoms with Crippen molar-refractivity contribution in [2.24, 2.45) is 0 Å². The van der Waals surface area contributed by atoms with E-state index >= 15 is 0 Å². The topological polar surface area (TPSA) is 51.2 Å². The van der Waals surface area contributed by atoms with Crippen LogP contribution in [0, 0.1) is 41.5 Å². The van der Waals surface area contributed by atoms with Crippen molar-refractivity contribution in [3.8, 4) is 0 Å². The van der Waals surface area contributed by atoms with Gasteiger partial charge in [0.2, 0.25) is 18.2 Å². The third kappa shape index (κ3) is 4.83. The summed E-state index contributed by atoms with van der Waals surface area (Å²) in [5, 5.41) is 1.39. The van der Waals surface area contributed by atoms with Gasteiger partial charge in [-0.1, -0.05) is 83.6 Å². The van der Waals surface area contributed by atoms with E-state index in [9.17, 15) is 14.2 Å². The first-order valence-corrected chi connectivity index (χ1v) is 16.6. The summed E-state index contributed by atoms with van der Waals surface area (Å²) in [4.78, 5) is 28.3. The van der Waals surface area contributed by atoms with Crippen LogP contribution in [0.4, 0.5) is 0 Å². The van der Waals surface area contributed by atoms with Crippen LogP contribution in [0.15, 0.2) is 60.8 Å². The quantitative estimate of drug-likeness (QED) is 0.262. The molecule has 0 amide bonds. The van der Waals surface area contributed by atoms with Crippen LogP contribution in [-0.4, -0.2) is 19.1 Å². The van der Waals surface area contributed by atoms with Crippen LogP contribution < -0.4 is 10.5 Å². The van der Waals surface area contributed by atoms with Gasteiger partial charge in [-0.15, -0.1) is 6.58 Å². The van der Waals surface area contributed by atoms with Gasteiger partial charge in [0.25, 0.3) is 0 Å². The fraction of sp³-hybridized carbons (Fsp3) is 0.267. The lowest BCUT2D eigenvalue weighted by Crippen LogP contribution is -2.39. The lowest BCUT2D eigenvalue weighted by molar-refractivity contribution is 0.104. The fourth-order valence-electron chi connectivity index (χ4n) is 4.90. The zero-order valence-electron chi connectivity index (χ0n) is 22.1. The molecule has 0 fully saturated rings. The van der Waals surface area contributed by atoms with Crippen LogP contribution in [0.3, 0.4) is 0 Å². The van der Waals surface area contributed by atoms with Crippen molar-refractivity contribution in [2.75, 3.05) is 0 Å². The van der Waals surface area contributed by atoms with Crippen molar-refractivity contribution < 1.29 is 14.2 Å². The second kappa shape index (κ2) is 9.68. The fourth-order valence-corrected chi connectivity index (χ4v) is 8.71. The minimum atomic E-state index is -4.20. The Kier molecular flexibility index (Phi) is 7.41. The van der Waals surface area contributed by atoms with Crippen molar-refractivity contribution in [1.82, 2.24) is 0 Å². The third-order valence-electron chi connectivity index (χ3n) is 6.84. The maximum absolute atomic E-state index is 14.9. The van der Waals surface area contributed by atoms with Gasteiger partial charge < -0.3 is 4.57 Å². The molecule has 0 atom stereocenters. The molecule has 35 heavy (non-hydrogen) atoms. The molecule has 0 bridgehead atoms. The summed E-state index contributed by atoms with van der Waals surface area (Å²) in [6.45, 7) is 19.6. The molecule has 0 aromatic heterocycles. The Morgan fingerprint density at radius 1 is 0.714 bits per heavy atom. The van der Waals surface area contributed by atoms with Crippen LogP contribution in [0.5, 0.6) is 0 Å². The maximum atomic E-state index is 14.9. The van der Waals surface area contributed by atoms with E-state index in [-0.39, 0.29) is 5.30 Å². The molecular formula is C30H35O3PSi. The van der Waals surface area contributed by atoms with Gasteiger partial charge in [0.05, 0.1) is 0 Å². The van der Waals surface area contributed by atoms with E-state index in [1.165, 1.54) is 0 Å². The smallest absolute Gasteiger partial charge is 0.248 e. The summed E-state index contributed by atoms with van der Waals surface area (Å²) in [6.07, 6.45) is 0. The molecule has 0 unspecified atom stereocenters. The highest BCUT2D eigenvalue weighted by molar-refractivity contribution is 8.01. The SMILES string of the molecule is C=C[Si](C)(C)c1ccc(P(=O)(C(=O)c2c(C)cc(C)cc2C)C(=O)c2c(C)cc(C)cc2C)cc1. The first-order valence-electron chi connectivity index (χ1n) is 11.8. The first kappa shape index (κ1) is 26.8. The Hall–Kier alpha value is -2.81. The zero-order chi connectivity index (χ0) is 26.3. The molecule has 182 valence electrons. The number of aryl methyl sites for hydroxylation is 6. The molecule has 3 aromatic rings. The molecule has 0 heterocycles. The molecule has 0 N–H and O–H groups in total. The maximum Gasteiger partial charge on any atom is 0.248 e. The molecule has 0 aliphatic rings. The minimum absolute atomic E-state index is 0.281. The van der Waals surface area contributed by atoms with Gasteiger partial charge in [0.1, 0.15) is 8.07 Å². The summed E-state index contributed by atoms with van der Waals surface area (Å²) >= 11 is 0. The number of rotatable bonds is 7. The van der Waals surface area contributed by atoms with E-state index < -0.39 is 26.3 Å².